The van der Waals surface area contributed by atoms with Gasteiger partial charge in [-0.05, 0) is 0 Å². The van der Waals surface area contributed by atoms with Crippen LogP contribution in [0.2, 0.25) is 0 Å². The van der Waals surface area contributed by atoms with E-state index in [1.807, 2.05) is 0 Å². The Morgan fingerprint density at radius 3 is 1.00 bits per heavy atom. The number of rotatable bonds is 0. The van der Waals surface area contributed by atoms with Gasteiger partial charge in [-0.25, -0.2) is 0 Å². The maximum Gasteiger partial charge on any atom is 1.00 e. The summed E-state index contributed by atoms with van der Waals surface area (Å²) in [6, 6.07) is 0. The first-order chi connectivity index (χ1) is 1.73. The van der Waals surface area contributed by atoms with Gasteiger partial charge in [-0.2, -0.15) is 0 Å². The molecule has 0 aromatic rings. The Kier molecular flexibility index (Phi) is 29.4. The Labute approximate surface area is 76.6 Å². The van der Waals surface area contributed by atoms with Gasteiger partial charge in [0.1, 0.15) is 0 Å². The summed E-state index contributed by atoms with van der Waals surface area (Å²) < 4.78 is 0. The predicted molar refractivity (Wildman–Crippen MR) is 17.6 cm³/mol. The first-order valence-corrected chi connectivity index (χ1v) is 12.6. The third-order valence-corrected chi connectivity index (χ3v) is 0. The zero-order valence-corrected chi connectivity index (χ0v) is 9.24. The molecule has 0 saturated carbocycles. The van der Waals surface area contributed by atoms with Crippen LogP contribution >= 0.6 is 17.4 Å². The molecule has 0 spiro atoms. The van der Waals surface area contributed by atoms with Gasteiger partial charge in [0.2, 0.25) is 0 Å². The maximum atomic E-state index is 5.02. The average Bonchev–Trinajstić information content (AvgIpc) is 0.811. The second kappa shape index (κ2) is 11.0. The number of hydrogen-bond donors (Lipinski definition) is 0. The summed E-state index contributed by atoms with van der Waals surface area (Å²) in [5.41, 5.74) is 0. The van der Waals surface area contributed by atoms with Crippen LogP contribution in [0, 0.1) is 29.9 Å². The molecule has 0 heterocycles. The van der Waals surface area contributed by atoms with Crippen molar-refractivity contribution in [3.63, 3.8) is 0 Å². The molecule has 0 aromatic heterocycles. The van der Waals surface area contributed by atoms with Gasteiger partial charge < -0.3 is 12.4 Å². The average molecular weight is 293 g/mol. The van der Waals surface area contributed by atoms with Gasteiger partial charge in [0.25, 0.3) is 0 Å². The van der Waals surface area contributed by atoms with Crippen molar-refractivity contribution in [1.82, 2.24) is 0 Å². The summed E-state index contributed by atoms with van der Waals surface area (Å²) in [6.07, 6.45) is 0. The van der Waals surface area contributed by atoms with Crippen LogP contribution in [-0.4, -0.2) is 0 Å². The van der Waals surface area contributed by atoms with Gasteiger partial charge in [-0.3, -0.25) is 0 Å². The third kappa shape index (κ3) is 27.5. The minimum atomic E-state index is -2.24. The van der Waals surface area contributed by atoms with E-state index in [0.717, 1.165) is 0 Å². The molecule has 0 amide bonds. The van der Waals surface area contributed by atoms with Crippen molar-refractivity contribution in [2.24, 2.45) is 0 Å². The molecule has 0 radical (unpaired) electrons. The SMILES string of the molecule is [Cl-].[Cl][Nd]([Cl])[Cl].[Li+]. The Morgan fingerprint density at radius 2 is 1.00 bits per heavy atom. The van der Waals surface area contributed by atoms with E-state index in [4.69, 9.17) is 17.4 Å². The number of halogens is 4. The molecule has 0 nitrogen and oxygen atoms in total. The van der Waals surface area contributed by atoms with Crippen molar-refractivity contribution in [3.8, 4) is 0 Å². The molecule has 0 unspecified atom stereocenters. The van der Waals surface area contributed by atoms with Crippen molar-refractivity contribution in [1.29, 1.82) is 0 Å². The molecule has 0 N–H and O–H groups in total. The molecular weight excluding hydrogens is 293 g/mol. The quantitative estimate of drug-likeness (QED) is 0.400. The van der Waals surface area contributed by atoms with Gasteiger partial charge in [0, 0.05) is 0 Å². The third-order valence-electron chi connectivity index (χ3n) is 0. The second-order valence-electron chi connectivity index (χ2n) is 0.214. The zero-order chi connectivity index (χ0) is 3.58. The standard InChI is InChI=1S/4ClH.Li.Nd/h4*1H;;/q;;;;+1;+3/p-4. The largest absolute Gasteiger partial charge is 1.00 e. The van der Waals surface area contributed by atoms with Crippen molar-refractivity contribution >= 4 is 17.4 Å². The fourth-order valence-corrected chi connectivity index (χ4v) is 0. The molecule has 0 aliphatic rings. The van der Waals surface area contributed by atoms with Crippen LogP contribution in [0.25, 0.3) is 0 Å². The van der Waals surface area contributed by atoms with E-state index in [9.17, 15) is 0 Å². The number of hydrogen-bond acceptors (Lipinski definition) is 0. The van der Waals surface area contributed by atoms with Gasteiger partial charge in [0.15, 0.2) is 0 Å². The van der Waals surface area contributed by atoms with Crippen LogP contribution in [0.3, 0.4) is 0 Å². The molecule has 0 saturated heterocycles. The summed E-state index contributed by atoms with van der Waals surface area (Å²) in [6.45, 7) is 0. The van der Waals surface area contributed by atoms with E-state index < -0.39 is 29.9 Å². The Hall–Kier alpha value is 3.11. The topological polar surface area (TPSA) is 0 Å². The fourth-order valence-electron chi connectivity index (χ4n) is 0. The van der Waals surface area contributed by atoms with Gasteiger partial charge in [0.05, 0.1) is 0 Å². The Morgan fingerprint density at radius 1 is 1.00 bits per heavy atom. The van der Waals surface area contributed by atoms with Crippen LogP contribution in [-0.2, 0) is 0 Å². The van der Waals surface area contributed by atoms with Gasteiger partial charge in [-0.15, -0.1) is 0 Å². The molecule has 0 rings (SSSR count). The Bertz CT molecular complexity index is 12.3. The molecule has 0 aliphatic heterocycles. The van der Waals surface area contributed by atoms with E-state index in [1.54, 1.807) is 0 Å². The summed E-state index contributed by atoms with van der Waals surface area (Å²) in [7, 11) is 0. The molecule has 6 heavy (non-hydrogen) atoms. The van der Waals surface area contributed by atoms with Gasteiger partial charge >= 0.3 is 66.2 Å². The van der Waals surface area contributed by atoms with Crippen molar-refractivity contribution in [2.75, 3.05) is 0 Å². The van der Waals surface area contributed by atoms with E-state index in [-0.39, 0.29) is 31.3 Å². The van der Waals surface area contributed by atoms with Crippen LogP contribution in [0.4, 0.5) is 0 Å². The molecular formula is Cl4LiNd. The van der Waals surface area contributed by atoms with Crippen molar-refractivity contribution in [3.05, 3.63) is 0 Å². The van der Waals surface area contributed by atoms with E-state index in [2.05, 4.69) is 0 Å². The molecule has 33 valence electrons. The fraction of sp³-hybridized carbons (Fsp3) is 0. The second-order valence-corrected chi connectivity index (χ2v) is 14.3. The first kappa shape index (κ1) is 16.0. The summed E-state index contributed by atoms with van der Waals surface area (Å²) in [5.74, 6) is 15.1. The molecule has 0 aromatic carbocycles. The normalized spacial score (nSPS) is 4.50. The van der Waals surface area contributed by atoms with E-state index in [0.29, 0.717) is 0 Å². The zero-order valence-electron chi connectivity index (χ0n) is 3.01. The summed E-state index contributed by atoms with van der Waals surface area (Å²) in [5, 5.41) is 0. The Balaban J connectivity index is -0.0000000450. The minimum absolute atomic E-state index is 0. The molecule has 0 fully saturated rings. The summed E-state index contributed by atoms with van der Waals surface area (Å²) >= 11 is -2.24. The first-order valence-electron chi connectivity index (χ1n) is 0.567. The maximum absolute atomic E-state index is 5.02. The van der Waals surface area contributed by atoms with E-state index in [1.165, 1.54) is 0 Å². The van der Waals surface area contributed by atoms with Crippen LogP contribution in [0.1, 0.15) is 0 Å². The molecule has 0 bridgehead atoms. The van der Waals surface area contributed by atoms with Gasteiger partial charge in [-0.1, -0.05) is 0 Å². The predicted octanol–water partition coefficient (Wildman–Crippen LogP) is -3.92. The van der Waals surface area contributed by atoms with Crippen molar-refractivity contribution in [2.45, 2.75) is 0 Å². The van der Waals surface area contributed by atoms with E-state index >= 15 is 0 Å². The monoisotopic (exact) mass is 289 g/mol. The molecule has 0 atom stereocenters. The summed E-state index contributed by atoms with van der Waals surface area (Å²) in [4.78, 5) is 0. The van der Waals surface area contributed by atoms with Crippen LogP contribution in [0.5, 0.6) is 0 Å². The smallest absolute Gasteiger partial charge is 1.00 e. The molecule has 0 aliphatic carbocycles. The van der Waals surface area contributed by atoms with Crippen LogP contribution < -0.4 is 31.3 Å². The minimum Gasteiger partial charge on any atom is 1.00 e. The van der Waals surface area contributed by atoms with Crippen LogP contribution in [0.15, 0.2) is 0 Å². The molecule has 6 heteroatoms. The van der Waals surface area contributed by atoms with Crippen molar-refractivity contribution < 1.29 is 61.2 Å².